The zero-order valence-corrected chi connectivity index (χ0v) is 18.2. The summed E-state index contributed by atoms with van der Waals surface area (Å²) in [4.78, 5) is 18.2. The number of hydrogen-bond acceptors (Lipinski definition) is 3. The van der Waals surface area contributed by atoms with Crippen LogP contribution in [-0.4, -0.2) is 43.0 Å². The largest absolute Gasteiger partial charge is 0.435 e. The van der Waals surface area contributed by atoms with Crippen LogP contribution in [0, 0.1) is 5.82 Å². The Kier molecular flexibility index (Phi) is 5.75. The van der Waals surface area contributed by atoms with Gasteiger partial charge in [-0.2, -0.15) is 13.2 Å². The van der Waals surface area contributed by atoms with E-state index in [0.717, 1.165) is 17.7 Å². The molecular weight excluding hydrogens is 473 g/mol. The van der Waals surface area contributed by atoms with E-state index in [1.165, 1.54) is 0 Å². The van der Waals surface area contributed by atoms with E-state index in [2.05, 4.69) is 10.5 Å². The first-order valence-electron chi connectivity index (χ1n) is 9.59. The van der Waals surface area contributed by atoms with E-state index in [-0.39, 0.29) is 17.7 Å². The Morgan fingerprint density at radius 1 is 1.19 bits per heavy atom. The molecule has 170 valence electrons. The number of oxime groups is 1. The van der Waals surface area contributed by atoms with E-state index in [1.54, 1.807) is 36.2 Å². The number of hydrogen-bond donors (Lipinski definition) is 1. The normalized spacial score (nSPS) is 21.1. The molecule has 0 radical (unpaired) electrons. The van der Waals surface area contributed by atoms with Crippen molar-refractivity contribution in [3.8, 4) is 0 Å². The Balaban J connectivity index is 1.55. The summed E-state index contributed by atoms with van der Waals surface area (Å²) in [6.45, 7) is 1.12. The summed E-state index contributed by atoms with van der Waals surface area (Å²) >= 11 is 11.4. The molecule has 1 unspecified atom stereocenters. The van der Waals surface area contributed by atoms with Gasteiger partial charge in [0.1, 0.15) is 0 Å². The third-order valence-corrected chi connectivity index (χ3v) is 6.28. The highest BCUT2D eigenvalue weighted by Gasteiger charge is 2.62. The van der Waals surface area contributed by atoms with Gasteiger partial charge >= 0.3 is 12.2 Å². The van der Waals surface area contributed by atoms with Crippen LogP contribution in [-0.2, 0) is 10.4 Å². The number of nitrogens with zero attached hydrogens (tertiary/aromatic N) is 2. The molecule has 1 saturated heterocycles. The van der Waals surface area contributed by atoms with Gasteiger partial charge < -0.3 is 15.1 Å². The van der Waals surface area contributed by atoms with Crippen molar-refractivity contribution in [3.05, 3.63) is 69.0 Å². The number of halogens is 6. The molecule has 1 N–H and O–H groups in total. The van der Waals surface area contributed by atoms with Gasteiger partial charge in [0, 0.05) is 38.0 Å². The summed E-state index contributed by atoms with van der Waals surface area (Å²) in [5, 5.41) is 5.17. The Hall–Kier alpha value is -2.52. The topological polar surface area (TPSA) is 53.9 Å². The maximum absolute atomic E-state index is 14.1. The van der Waals surface area contributed by atoms with Gasteiger partial charge in [-0.05, 0) is 23.3 Å². The Morgan fingerprint density at radius 2 is 1.78 bits per heavy atom. The van der Waals surface area contributed by atoms with Gasteiger partial charge in [-0.3, -0.25) is 0 Å². The number of alkyl halides is 3. The monoisotopic (exact) mass is 489 g/mol. The molecule has 2 heterocycles. The van der Waals surface area contributed by atoms with Crippen LogP contribution in [0.3, 0.4) is 0 Å². The molecule has 2 aliphatic rings. The predicted molar refractivity (Wildman–Crippen MR) is 112 cm³/mol. The van der Waals surface area contributed by atoms with Crippen molar-refractivity contribution in [1.82, 2.24) is 10.2 Å². The molecule has 2 aromatic rings. The molecule has 5 nitrogen and oxygen atoms in total. The second kappa shape index (κ2) is 8.12. The van der Waals surface area contributed by atoms with Crippen molar-refractivity contribution in [2.45, 2.75) is 24.1 Å². The molecule has 2 aliphatic heterocycles. The van der Waals surface area contributed by atoms with Gasteiger partial charge in [0.15, 0.2) is 5.82 Å². The average Bonchev–Trinajstić information content (AvgIpc) is 3.18. The van der Waals surface area contributed by atoms with Crippen molar-refractivity contribution in [2.75, 3.05) is 20.1 Å². The van der Waals surface area contributed by atoms with Crippen LogP contribution in [0.4, 0.5) is 22.4 Å². The molecule has 32 heavy (non-hydrogen) atoms. The fourth-order valence-electron chi connectivity index (χ4n) is 3.81. The minimum atomic E-state index is -4.86. The van der Waals surface area contributed by atoms with Gasteiger partial charge in [0.05, 0.1) is 15.8 Å². The highest BCUT2D eigenvalue weighted by atomic mass is 35.5. The van der Waals surface area contributed by atoms with E-state index in [9.17, 15) is 22.4 Å². The Bertz CT molecular complexity index is 1060. The molecule has 4 rings (SSSR count). The first-order chi connectivity index (χ1) is 15.1. The van der Waals surface area contributed by atoms with Crippen LogP contribution in [0.25, 0.3) is 0 Å². The van der Waals surface area contributed by atoms with Crippen LogP contribution >= 0.6 is 23.2 Å². The first-order valence-corrected chi connectivity index (χ1v) is 10.3. The van der Waals surface area contributed by atoms with E-state index in [0.29, 0.717) is 18.7 Å². The Morgan fingerprint density at radius 3 is 2.31 bits per heavy atom. The molecule has 11 heteroatoms. The fraction of sp³-hybridized carbons (Fsp3) is 0.333. The van der Waals surface area contributed by atoms with Crippen molar-refractivity contribution in [1.29, 1.82) is 0 Å². The molecule has 0 spiro atoms. The van der Waals surface area contributed by atoms with Gasteiger partial charge in [-0.25, -0.2) is 9.18 Å². The van der Waals surface area contributed by atoms with Gasteiger partial charge in [0.25, 0.3) is 5.60 Å². The van der Waals surface area contributed by atoms with E-state index < -0.39 is 39.6 Å². The van der Waals surface area contributed by atoms with Gasteiger partial charge in [-0.15, -0.1) is 0 Å². The van der Waals surface area contributed by atoms with E-state index in [1.807, 2.05) is 0 Å². The van der Waals surface area contributed by atoms with Crippen LogP contribution in [0.15, 0.2) is 41.6 Å². The standard InChI is InChI=1S/C21H17Cl2F4N3O2/c1-28-19(31)30-9-13(10-30)11-2-4-12(5-3-11)17-8-20(32-29-17,21(25,26)27)14-6-15(22)18(24)16(23)7-14/h2-7,13H,8-10H2,1H3,(H,28,31). The van der Waals surface area contributed by atoms with Gasteiger partial charge in [0.2, 0.25) is 0 Å². The number of benzene rings is 2. The number of nitrogens with one attached hydrogen (secondary N) is 1. The van der Waals surface area contributed by atoms with Crippen LogP contribution < -0.4 is 5.32 Å². The van der Waals surface area contributed by atoms with Crippen molar-refractivity contribution in [3.63, 3.8) is 0 Å². The summed E-state index contributed by atoms with van der Waals surface area (Å²) in [5.74, 6) is -0.851. The highest BCUT2D eigenvalue weighted by Crippen LogP contribution is 2.50. The highest BCUT2D eigenvalue weighted by molar-refractivity contribution is 6.35. The number of amides is 2. The summed E-state index contributed by atoms with van der Waals surface area (Å²) in [7, 11) is 1.56. The van der Waals surface area contributed by atoms with Crippen molar-refractivity contribution >= 4 is 34.9 Å². The molecule has 2 aromatic carbocycles. The smallest absolute Gasteiger partial charge is 0.374 e. The third kappa shape index (κ3) is 3.77. The SMILES string of the molecule is CNC(=O)N1CC(c2ccc(C3=NOC(c4cc(Cl)c(F)c(Cl)c4)(C(F)(F)F)C3)cc2)C1. The molecule has 2 amide bonds. The quantitative estimate of drug-likeness (QED) is 0.460. The average molecular weight is 490 g/mol. The molecular formula is C21H17Cl2F4N3O2. The zero-order valence-electron chi connectivity index (χ0n) is 16.6. The first kappa shape index (κ1) is 22.7. The molecule has 0 aliphatic carbocycles. The zero-order chi connectivity index (χ0) is 23.3. The van der Waals surface area contributed by atoms with Gasteiger partial charge in [-0.1, -0.05) is 52.6 Å². The number of carbonyl (C=O) groups excluding carboxylic acids is 1. The maximum atomic E-state index is 14.1. The number of carbonyl (C=O) groups is 1. The summed E-state index contributed by atoms with van der Waals surface area (Å²) in [6, 6.07) is 8.47. The van der Waals surface area contributed by atoms with E-state index in [4.69, 9.17) is 28.0 Å². The Labute approximate surface area is 190 Å². The lowest BCUT2D eigenvalue weighted by Gasteiger charge is -2.39. The van der Waals surface area contributed by atoms with Crippen LogP contribution in [0.5, 0.6) is 0 Å². The minimum absolute atomic E-state index is 0.0889. The number of likely N-dealkylation sites (tertiary alicyclic amines) is 1. The minimum Gasteiger partial charge on any atom is -0.374 e. The number of urea groups is 1. The molecule has 0 aromatic heterocycles. The summed E-state index contributed by atoms with van der Waals surface area (Å²) in [6.07, 6.45) is -5.49. The lowest BCUT2D eigenvalue weighted by atomic mass is 9.85. The second-order valence-electron chi connectivity index (χ2n) is 7.66. The number of rotatable bonds is 3. The van der Waals surface area contributed by atoms with Crippen LogP contribution in [0.2, 0.25) is 10.0 Å². The lowest BCUT2D eigenvalue weighted by molar-refractivity contribution is -0.275. The summed E-state index contributed by atoms with van der Waals surface area (Å²) < 4.78 is 56.0. The fourth-order valence-corrected chi connectivity index (χ4v) is 4.30. The maximum Gasteiger partial charge on any atom is 0.435 e. The molecule has 0 saturated carbocycles. The van der Waals surface area contributed by atoms with Crippen molar-refractivity contribution in [2.24, 2.45) is 5.16 Å². The predicted octanol–water partition coefficient (Wildman–Crippen LogP) is 5.45. The molecule has 1 fully saturated rings. The summed E-state index contributed by atoms with van der Waals surface area (Å²) in [5.41, 5.74) is -1.75. The van der Waals surface area contributed by atoms with Crippen molar-refractivity contribution < 1.29 is 27.2 Å². The lowest BCUT2D eigenvalue weighted by Crippen LogP contribution is -2.51. The third-order valence-electron chi connectivity index (χ3n) is 5.73. The second-order valence-corrected chi connectivity index (χ2v) is 8.48. The van der Waals surface area contributed by atoms with E-state index >= 15 is 0 Å². The molecule has 0 bridgehead atoms. The molecule has 1 atom stereocenters. The van der Waals surface area contributed by atoms with Crippen LogP contribution in [0.1, 0.15) is 29.0 Å².